The van der Waals surface area contributed by atoms with E-state index in [1.807, 2.05) is 44.2 Å². The number of rotatable bonds is 7. The number of aliphatic hydroxyl groups is 1. The predicted octanol–water partition coefficient (Wildman–Crippen LogP) is 5.77. The first-order chi connectivity index (χ1) is 14.8. The molecule has 31 heavy (non-hydrogen) atoms. The maximum Gasteiger partial charge on any atom is 0.274 e. The van der Waals surface area contributed by atoms with Crippen LogP contribution in [0.1, 0.15) is 46.9 Å². The summed E-state index contributed by atoms with van der Waals surface area (Å²) in [7, 11) is 0. The summed E-state index contributed by atoms with van der Waals surface area (Å²) in [5, 5.41) is 12.5. The molecule has 0 aliphatic rings. The molecule has 0 saturated heterocycles. The summed E-state index contributed by atoms with van der Waals surface area (Å²) >= 11 is 6.44. The molecule has 0 fully saturated rings. The Kier molecular flexibility index (Phi) is 7.31. The smallest absolute Gasteiger partial charge is 0.274 e. The van der Waals surface area contributed by atoms with Gasteiger partial charge < -0.3 is 15.2 Å². The van der Waals surface area contributed by atoms with Crippen molar-refractivity contribution in [3.63, 3.8) is 0 Å². The monoisotopic (exact) mass is 438 g/mol. The van der Waals surface area contributed by atoms with Crippen molar-refractivity contribution in [2.75, 3.05) is 18.5 Å². The molecule has 1 aromatic heterocycles. The van der Waals surface area contributed by atoms with Gasteiger partial charge in [-0.15, -0.1) is 0 Å². The molecule has 0 bridgehead atoms. The first-order valence-corrected chi connectivity index (χ1v) is 10.6. The van der Waals surface area contributed by atoms with E-state index >= 15 is 0 Å². The zero-order valence-corrected chi connectivity index (χ0v) is 19.0. The van der Waals surface area contributed by atoms with E-state index in [2.05, 4.69) is 30.2 Å². The molecule has 0 spiro atoms. The topological polar surface area (TPSA) is 71.5 Å². The Balaban J connectivity index is 1.87. The van der Waals surface area contributed by atoms with Crippen LogP contribution in [0.15, 0.2) is 48.7 Å². The van der Waals surface area contributed by atoms with Crippen LogP contribution >= 0.6 is 11.6 Å². The number of hydrogen-bond donors (Lipinski definition) is 2. The second kappa shape index (κ2) is 9.94. The van der Waals surface area contributed by atoms with Gasteiger partial charge in [-0.25, -0.2) is 0 Å². The maximum atomic E-state index is 12.9. The summed E-state index contributed by atoms with van der Waals surface area (Å²) in [6.45, 7) is 8.22. The van der Waals surface area contributed by atoms with E-state index < -0.39 is 0 Å². The molecule has 1 amide bonds. The Hall–Kier alpha value is -2.89. The van der Waals surface area contributed by atoms with E-state index in [0.717, 1.165) is 22.3 Å². The quantitative estimate of drug-likeness (QED) is 0.491. The second-order valence-corrected chi connectivity index (χ2v) is 8.19. The molecule has 0 saturated carbocycles. The first-order valence-electron chi connectivity index (χ1n) is 10.2. The number of carbonyl (C=O) groups excluding carboxylic acids is 1. The number of aryl methyl sites for hydroxylation is 2. The van der Waals surface area contributed by atoms with Crippen molar-refractivity contribution in [2.24, 2.45) is 0 Å². The van der Waals surface area contributed by atoms with E-state index in [4.69, 9.17) is 21.4 Å². The molecular weight excluding hydrogens is 412 g/mol. The zero-order chi connectivity index (χ0) is 22.5. The van der Waals surface area contributed by atoms with Gasteiger partial charge in [0.2, 0.25) is 0 Å². The number of aromatic nitrogens is 1. The zero-order valence-electron chi connectivity index (χ0n) is 18.2. The van der Waals surface area contributed by atoms with Gasteiger partial charge in [0.15, 0.2) is 0 Å². The molecular formula is C25H27ClN2O3. The molecule has 2 N–H and O–H groups in total. The van der Waals surface area contributed by atoms with E-state index in [9.17, 15) is 4.79 Å². The summed E-state index contributed by atoms with van der Waals surface area (Å²) in [6, 6.07) is 13.2. The summed E-state index contributed by atoms with van der Waals surface area (Å²) in [5.74, 6) is 0.728. The van der Waals surface area contributed by atoms with Crippen molar-refractivity contribution in [1.29, 1.82) is 0 Å². The number of carbonyl (C=O) groups is 1. The van der Waals surface area contributed by atoms with Crippen molar-refractivity contribution < 1.29 is 14.6 Å². The molecule has 1 heterocycles. The fourth-order valence-electron chi connectivity index (χ4n) is 3.39. The summed E-state index contributed by atoms with van der Waals surface area (Å²) in [5.41, 5.74) is 5.65. The highest BCUT2D eigenvalue weighted by Crippen LogP contribution is 2.32. The van der Waals surface area contributed by atoms with Crippen molar-refractivity contribution in [3.8, 4) is 16.9 Å². The number of amides is 1. The van der Waals surface area contributed by atoms with Crippen molar-refractivity contribution in [2.45, 2.75) is 33.6 Å². The number of halogens is 1. The van der Waals surface area contributed by atoms with Crippen LogP contribution in [0.3, 0.4) is 0 Å². The lowest BCUT2D eigenvalue weighted by molar-refractivity contribution is 0.102. The molecule has 162 valence electrons. The van der Waals surface area contributed by atoms with Crippen LogP contribution in [-0.2, 0) is 0 Å². The predicted molar refractivity (Wildman–Crippen MR) is 125 cm³/mol. The number of aliphatic hydroxyl groups excluding tert-OH is 1. The Morgan fingerprint density at radius 2 is 1.84 bits per heavy atom. The van der Waals surface area contributed by atoms with Crippen molar-refractivity contribution in [3.05, 3.63) is 76.1 Å². The average Bonchev–Trinajstić information content (AvgIpc) is 2.75. The van der Waals surface area contributed by atoms with Crippen molar-refractivity contribution in [1.82, 2.24) is 4.98 Å². The highest BCUT2D eigenvalue weighted by Gasteiger charge is 2.15. The number of hydrogen-bond acceptors (Lipinski definition) is 4. The SMILES string of the molecule is Cc1cc(OCCO)cc(C)c1NC(=O)c1cc(-c2cc(C(C)C)ccc2Cl)ccn1. The number of nitrogens with zero attached hydrogens (tertiary/aromatic N) is 1. The van der Waals surface area contributed by atoms with Crippen LogP contribution in [0.5, 0.6) is 5.75 Å². The van der Waals surface area contributed by atoms with E-state index in [0.29, 0.717) is 28.1 Å². The molecule has 3 rings (SSSR count). The van der Waals surface area contributed by atoms with Crippen LogP contribution in [0.25, 0.3) is 11.1 Å². The normalized spacial score (nSPS) is 10.9. The van der Waals surface area contributed by atoms with Gasteiger partial charge in [0.1, 0.15) is 18.1 Å². The summed E-state index contributed by atoms with van der Waals surface area (Å²) < 4.78 is 5.48. The Labute approximate surface area is 188 Å². The second-order valence-electron chi connectivity index (χ2n) is 7.78. The average molecular weight is 439 g/mol. The van der Waals surface area contributed by atoms with E-state index in [1.54, 1.807) is 12.3 Å². The standard InChI is InChI=1S/C25H27ClN2O3/c1-15(2)18-5-6-22(26)21(13-18)19-7-8-27-23(14-19)25(30)28-24-16(3)11-20(12-17(24)4)31-10-9-29/h5-8,11-15,29H,9-10H2,1-4H3,(H,28,30). The minimum absolute atomic E-state index is 0.0529. The van der Waals surface area contributed by atoms with Crippen LogP contribution < -0.4 is 10.1 Å². The Bertz CT molecular complexity index is 1070. The third-order valence-electron chi connectivity index (χ3n) is 5.07. The number of nitrogens with one attached hydrogen (secondary N) is 1. The van der Waals surface area contributed by atoms with Gasteiger partial charge in [0.05, 0.1) is 6.61 Å². The molecule has 6 heteroatoms. The Morgan fingerprint density at radius 3 is 2.48 bits per heavy atom. The van der Waals surface area contributed by atoms with Crippen molar-refractivity contribution >= 4 is 23.2 Å². The minimum Gasteiger partial charge on any atom is -0.491 e. The first kappa shape index (κ1) is 22.8. The number of pyridine rings is 1. The number of ether oxygens (including phenoxy) is 1. The lowest BCUT2D eigenvalue weighted by Crippen LogP contribution is -2.15. The van der Waals surface area contributed by atoms with Crippen LogP contribution in [0.4, 0.5) is 5.69 Å². The molecule has 2 aromatic carbocycles. The summed E-state index contributed by atoms with van der Waals surface area (Å²) in [6.07, 6.45) is 1.62. The molecule has 0 unspecified atom stereocenters. The van der Waals surface area contributed by atoms with E-state index in [1.165, 1.54) is 5.56 Å². The van der Waals surface area contributed by atoms with Gasteiger partial charge in [0, 0.05) is 22.5 Å². The molecule has 0 aliphatic heterocycles. The maximum absolute atomic E-state index is 12.9. The lowest BCUT2D eigenvalue weighted by atomic mass is 9.97. The molecule has 3 aromatic rings. The lowest BCUT2D eigenvalue weighted by Gasteiger charge is -2.15. The van der Waals surface area contributed by atoms with Crippen LogP contribution in [-0.4, -0.2) is 29.2 Å². The van der Waals surface area contributed by atoms with Gasteiger partial charge in [0.25, 0.3) is 5.91 Å². The molecule has 0 radical (unpaired) electrons. The van der Waals surface area contributed by atoms with Crippen LogP contribution in [0, 0.1) is 13.8 Å². The highest BCUT2D eigenvalue weighted by molar-refractivity contribution is 6.33. The van der Waals surface area contributed by atoms with Gasteiger partial charge in [-0.2, -0.15) is 0 Å². The molecule has 0 aliphatic carbocycles. The number of benzene rings is 2. The van der Waals surface area contributed by atoms with Gasteiger partial charge in [-0.05, 0) is 78.4 Å². The van der Waals surface area contributed by atoms with Gasteiger partial charge in [-0.3, -0.25) is 9.78 Å². The Morgan fingerprint density at radius 1 is 1.13 bits per heavy atom. The largest absolute Gasteiger partial charge is 0.491 e. The van der Waals surface area contributed by atoms with E-state index in [-0.39, 0.29) is 19.1 Å². The molecule has 0 atom stereocenters. The highest BCUT2D eigenvalue weighted by atomic mass is 35.5. The fraction of sp³-hybridized carbons (Fsp3) is 0.280. The fourth-order valence-corrected chi connectivity index (χ4v) is 3.62. The number of anilines is 1. The van der Waals surface area contributed by atoms with Crippen LogP contribution in [0.2, 0.25) is 5.02 Å². The minimum atomic E-state index is -0.298. The summed E-state index contributed by atoms with van der Waals surface area (Å²) in [4.78, 5) is 17.2. The third-order valence-corrected chi connectivity index (χ3v) is 5.40. The van der Waals surface area contributed by atoms with Gasteiger partial charge in [-0.1, -0.05) is 31.5 Å². The van der Waals surface area contributed by atoms with Gasteiger partial charge >= 0.3 is 0 Å². The third kappa shape index (κ3) is 5.43. The molecule has 5 nitrogen and oxygen atoms in total.